The zero-order valence-corrected chi connectivity index (χ0v) is 6.32. The molecule has 1 N–H and O–H groups in total. The van der Waals surface area contributed by atoms with E-state index in [1.54, 1.807) is 0 Å². The summed E-state index contributed by atoms with van der Waals surface area (Å²) >= 11 is 0. The lowest BCUT2D eigenvalue weighted by atomic mass is 10.7. The molecule has 0 radical (unpaired) electrons. The van der Waals surface area contributed by atoms with Crippen molar-refractivity contribution >= 4 is 10.0 Å². The lowest BCUT2D eigenvalue weighted by Crippen LogP contribution is -2.27. The molecular formula is C6H9NO2S. The number of terminal acetylenes is 1. The Bertz CT molecular complexity index is 245. The fourth-order valence-corrected chi connectivity index (χ4v) is 1.92. The van der Waals surface area contributed by atoms with E-state index in [0.717, 1.165) is 12.8 Å². The van der Waals surface area contributed by atoms with Crippen LogP contribution in [0.2, 0.25) is 0 Å². The van der Waals surface area contributed by atoms with Gasteiger partial charge in [0, 0.05) is 0 Å². The first kappa shape index (κ1) is 7.58. The van der Waals surface area contributed by atoms with Crippen LogP contribution in [0.4, 0.5) is 0 Å². The van der Waals surface area contributed by atoms with Crippen molar-refractivity contribution in [1.29, 1.82) is 0 Å². The number of sulfonamides is 1. The summed E-state index contributed by atoms with van der Waals surface area (Å²) in [5.74, 6) is 2.22. The molecule has 4 heteroatoms. The number of hydrogen-bond acceptors (Lipinski definition) is 2. The van der Waals surface area contributed by atoms with Gasteiger partial charge in [-0.05, 0) is 12.8 Å². The second-order valence-corrected chi connectivity index (χ2v) is 4.31. The highest BCUT2D eigenvalue weighted by Gasteiger charge is 2.34. The van der Waals surface area contributed by atoms with Gasteiger partial charge in [-0.2, -0.15) is 0 Å². The number of nitrogens with one attached hydrogen (secondary N) is 1. The SMILES string of the molecule is C#CCNS(=O)(=O)C1CC1. The molecule has 1 rings (SSSR count). The predicted molar refractivity (Wildman–Crippen MR) is 38.8 cm³/mol. The van der Waals surface area contributed by atoms with E-state index < -0.39 is 10.0 Å². The normalized spacial score (nSPS) is 18.3. The van der Waals surface area contributed by atoms with Crippen molar-refractivity contribution < 1.29 is 8.42 Å². The minimum Gasteiger partial charge on any atom is -0.212 e. The molecule has 0 aromatic carbocycles. The van der Waals surface area contributed by atoms with Crippen molar-refractivity contribution in [3.8, 4) is 12.3 Å². The lowest BCUT2D eigenvalue weighted by molar-refractivity contribution is 0.584. The van der Waals surface area contributed by atoms with Crippen molar-refractivity contribution in [2.75, 3.05) is 6.54 Å². The van der Waals surface area contributed by atoms with Crippen LogP contribution < -0.4 is 4.72 Å². The molecule has 1 aliphatic rings. The van der Waals surface area contributed by atoms with E-state index in [1.807, 2.05) is 0 Å². The molecule has 1 saturated carbocycles. The molecule has 10 heavy (non-hydrogen) atoms. The smallest absolute Gasteiger partial charge is 0.212 e. The van der Waals surface area contributed by atoms with Gasteiger partial charge in [0.15, 0.2) is 0 Å². The van der Waals surface area contributed by atoms with Crippen LogP contribution in [0.15, 0.2) is 0 Å². The van der Waals surface area contributed by atoms with Gasteiger partial charge in [0.05, 0.1) is 11.8 Å². The molecule has 0 heterocycles. The summed E-state index contributed by atoms with van der Waals surface area (Å²) in [7, 11) is -3.04. The molecule has 0 spiro atoms. The van der Waals surface area contributed by atoms with Crippen molar-refractivity contribution in [2.45, 2.75) is 18.1 Å². The maximum absolute atomic E-state index is 10.9. The molecule has 0 atom stereocenters. The van der Waals surface area contributed by atoms with Gasteiger partial charge in [0.2, 0.25) is 10.0 Å². The second-order valence-electron chi connectivity index (χ2n) is 2.27. The van der Waals surface area contributed by atoms with Crippen LogP contribution in [0, 0.1) is 12.3 Å². The van der Waals surface area contributed by atoms with Crippen molar-refractivity contribution in [1.82, 2.24) is 4.72 Å². The predicted octanol–water partition coefficient (Wildman–Crippen LogP) is -0.299. The molecule has 0 saturated heterocycles. The van der Waals surface area contributed by atoms with Crippen LogP contribution in [0.1, 0.15) is 12.8 Å². The quantitative estimate of drug-likeness (QED) is 0.575. The lowest BCUT2D eigenvalue weighted by Gasteiger charge is -1.98. The molecule has 1 fully saturated rings. The molecule has 0 aromatic rings. The summed E-state index contributed by atoms with van der Waals surface area (Å²) in [6.45, 7) is 0.110. The van der Waals surface area contributed by atoms with Gasteiger partial charge >= 0.3 is 0 Å². The van der Waals surface area contributed by atoms with E-state index in [-0.39, 0.29) is 11.8 Å². The molecule has 0 bridgehead atoms. The topological polar surface area (TPSA) is 46.2 Å². The molecule has 3 nitrogen and oxygen atoms in total. The summed E-state index contributed by atoms with van der Waals surface area (Å²) < 4.78 is 24.2. The molecule has 0 amide bonds. The minimum absolute atomic E-state index is 0.110. The number of rotatable bonds is 3. The average Bonchev–Trinajstić information content (AvgIpc) is 2.64. The van der Waals surface area contributed by atoms with Crippen LogP contribution in [0.5, 0.6) is 0 Å². The monoisotopic (exact) mass is 159 g/mol. The third kappa shape index (κ3) is 1.72. The van der Waals surface area contributed by atoms with E-state index in [4.69, 9.17) is 6.42 Å². The van der Waals surface area contributed by atoms with Crippen LogP contribution in [-0.2, 0) is 10.0 Å². The Kier molecular flexibility index (Phi) is 1.97. The Balaban J connectivity index is 2.45. The maximum atomic E-state index is 10.9. The van der Waals surface area contributed by atoms with E-state index >= 15 is 0 Å². The van der Waals surface area contributed by atoms with Gasteiger partial charge in [-0.25, -0.2) is 13.1 Å². The first-order valence-corrected chi connectivity index (χ1v) is 4.63. The van der Waals surface area contributed by atoms with Crippen molar-refractivity contribution in [3.05, 3.63) is 0 Å². The highest BCUT2D eigenvalue weighted by Crippen LogP contribution is 2.26. The van der Waals surface area contributed by atoms with Gasteiger partial charge in [0.25, 0.3) is 0 Å². The van der Waals surface area contributed by atoms with Crippen LogP contribution in [0.3, 0.4) is 0 Å². The van der Waals surface area contributed by atoms with E-state index in [2.05, 4.69) is 10.6 Å². The molecule has 0 aromatic heterocycles. The first-order chi connectivity index (χ1) is 4.67. The Hall–Kier alpha value is -0.530. The summed E-state index contributed by atoms with van der Waals surface area (Å²) in [4.78, 5) is 0. The minimum atomic E-state index is -3.04. The Morgan fingerprint density at radius 1 is 1.60 bits per heavy atom. The summed E-state index contributed by atoms with van der Waals surface area (Å²) in [6.07, 6.45) is 6.43. The Morgan fingerprint density at radius 2 is 2.20 bits per heavy atom. The summed E-state index contributed by atoms with van der Waals surface area (Å²) in [5, 5.41) is -0.166. The first-order valence-electron chi connectivity index (χ1n) is 3.09. The molecule has 0 unspecified atom stereocenters. The van der Waals surface area contributed by atoms with Gasteiger partial charge in [-0.15, -0.1) is 6.42 Å². The Labute approximate surface area is 60.9 Å². The van der Waals surface area contributed by atoms with Gasteiger partial charge in [-0.3, -0.25) is 0 Å². The highest BCUT2D eigenvalue weighted by atomic mass is 32.2. The van der Waals surface area contributed by atoms with Crippen molar-refractivity contribution in [3.63, 3.8) is 0 Å². The van der Waals surface area contributed by atoms with Gasteiger partial charge < -0.3 is 0 Å². The standard InChI is InChI=1S/C6H9NO2S/c1-2-5-7-10(8,9)6-3-4-6/h1,6-7H,3-5H2. The van der Waals surface area contributed by atoms with Gasteiger partial charge in [-0.1, -0.05) is 5.92 Å². The summed E-state index contributed by atoms with van der Waals surface area (Å²) in [5.41, 5.74) is 0. The Morgan fingerprint density at radius 3 is 2.60 bits per heavy atom. The maximum Gasteiger partial charge on any atom is 0.215 e. The van der Waals surface area contributed by atoms with E-state index in [9.17, 15) is 8.42 Å². The second kappa shape index (κ2) is 2.60. The average molecular weight is 159 g/mol. The molecule has 0 aliphatic heterocycles. The fourth-order valence-electron chi connectivity index (χ4n) is 0.638. The van der Waals surface area contributed by atoms with Gasteiger partial charge in [0.1, 0.15) is 0 Å². The molecule has 1 aliphatic carbocycles. The third-order valence-electron chi connectivity index (χ3n) is 1.34. The van der Waals surface area contributed by atoms with Crippen LogP contribution in [-0.4, -0.2) is 20.2 Å². The number of hydrogen-bond donors (Lipinski definition) is 1. The largest absolute Gasteiger partial charge is 0.215 e. The third-order valence-corrected chi connectivity index (χ3v) is 3.23. The van der Waals surface area contributed by atoms with E-state index in [0.29, 0.717) is 0 Å². The van der Waals surface area contributed by atoms with Crippen LogP contribution in [0.25, 0.3) is 0 Å². The summed E-state index contributed by atoms with van der Waals surface area (Å²) in [6, 6.07) is 0. The highest BCUT2D eigenvalue weighted by molar-refractivity contribution is 7.90. The molecular weight excluding hydrogens is 150 g/mol. The zero-order chi connectivity index (χ0) is 7.61. The van der Waals surface area contributed by atoms with E-state index in [1.165, 1.54) is 0 Å². The zero-order valence-electron chi connectivity index (χ0n) is 5.50. The van der Waals surface area contributed by atoms with Crippen molar-refractivity contribution in [2.24, 2.45) is 0 Å². The van der Waals surface area contributed by atoms with Crippen LogP contribution >= 0.6 is 0 Å². The molecule has 56 valence electrons. The fraction of sp³-hybridized carbons (Fsp3) is 0.667.